The van der Waals surface area contributed by atoms with Gasteiger partial charge < -0.3 is 25.2 Å². The number of carbonyl (C=O) groups excluding carboxylic acids is 3. The molecule has 3 heterocycles. The van der Waals surface area contributed by atoms with Gasteiger partial charge in [-0.15, -0.1) is 0 Å². The van der Waals surface area contributed by atoms with Gasteiger partial charge in [0.2, 0.25) is 17.7 Å². The van der Waals surface area contributed by atoms with Gasteiger partial charge in [-0.05, 0) is 68.1 Å². The highest BCUT2D eigenvalue weighted by molar-refractivity contribution is 6.30. The molecule has 6 rings (SSSR count). The fourth-order valence-corrected chi connectivity index (χ4v) is 7.93. The van der Waals surface area contributed by atoms with Crippen molar-refractivity contribution in [3.05, 3.63) is 77.3 Å². The third-order valence-electron chi connectivity index (χ3n) is 10.3. The molecule has 0 aromatic heterocycles. The second-order valence-corrected chi connectivity index (χ2v) is 13.6. The number of nitrogens with one attached hydrogen (secondary N) is 2. The lowest BCUT2D eigenvalue weighted by Crippen LogP contribution is -2.58. The van der Waals surface area contributed by atoms with Crippen molar-refractivity contribution in [2.75, 3.05) is 25.5 Å². The van der Waals surface area contributed by atoms with Crippen molar-refractivity contribution in [3.63, 3.8) is 0 Å². The van der Waals surface area contributed by atoms with E-state index in [-0.39, 0.29) is 23.8 Å². The molecule has 3 aliphatic heterocycles. The molecule has 2 bridgehead atoms. The van der Waals surface area contributed by atoms with Crippen LogP contribution in [0.2, 0.25) is 5.02 Å². The van der Waals surface area contributed by atoms with E-state index in [9.17, 15) is 14.4 Å². The smallest absolute Gasteiger partial charge is 0.246 e. The molecule has 3 fully saturated rings. The van der Waals surface area contributed by atoms with Gasteiger partial charge in [0.1, 0.15) is 11.6 Å². The first-order valence-corrected chi connectivity index (χ1v) is 16.3. The maximum Gasteiger partial charge on any atom is 0.246 e. The minimum Gasteiger partial charge on any atom is -0.359 e. The summed E-state index contributed by atoms with van der Waals surface area (Å²) in [5.74, 6) is -1.32. The number of halogens is 1. The average molecular weight is 619 g/mol. The fourth-order valence-electron chi connectivity index (χ4n) is 7.80. The standard InChI is InChI=1S/C35H43ClN4O4/c1-22-9-7-12-27(23(22)2)38-33(42)31-35-18-17-28(44-35)29(32(41)37-26-15-13-25(36)14-16-26)30(35)34(43)40(31)20-8-19-39(3)21-24-10-5-4-6-11-24/h4-6,10-11,13-18,22-23,27-31H,7-9,12,19-21H2,1-3H3,(H,37,41)(H,38,42). The molecule has 2 aromatic carbocycles. The van der Waals surface area contributed by atoms with E-state index < -0.39 is 29.6 Å². The van der Waals surface area contributed by atoms with Crippen LogP contribution in [0.3, 0.4) is 0 Å². The summed E-state index contributed by atoms with van der Waals surface area (Å²) >= 11 is 6.04. The van der Waals surface area contributed by atoms with Gasteiger partial charge in [0.15, 0.2) is 0 Å². The number of carbonyl (C=O) groups is 3. The minimum absolute atomic E-state index is 0.0437. The average Bonchev–Trinajstić information content (AvgIpc) is 3.64. The largest absolute Gasteiger partial charge is 0.359 e. The summed E-state index contributed by atoms with van der Waals surface area (Å²) in [6.45, 7) is 6.39. The predicted octanol–water partition coefficient (Wildman–Crippen LogP) is 4.89. The summed E-state index contributed by atoms with van der Waals surface area (Å²) in [4.78, 5) is 46.1. The number of amides is 3. The van der Waals surface area contributed by atoms with Crippen LogP contribution in [0.25, 0.3) is 0 Å². The summed E-state index contributed by atoms with van der Waals surface area (Å²) in [6.07, 6.45) is 7.00. The lowest BCUT2D eigenvalue weighted by atomic mass is 9.73. The molecule has 0 radical (unpaired) electrons. The van der Waals surface area contributed by atoms with Gasteiger partial charge in [-0.3, -0.25) is 14.4 Å². The number of benzene rings is 2. The first-order valence-electron chi connectivity index (χ1n) is 15.9. The Kier molecular flexibility index (Phi) is 8.86. The highest BCUT2D eigenvalue weighted by Gasteiger charge is 2.72. The van der Waals surface area contributed by atoms with E-state index in [2.05, 4.69) is 48.6 Å². The van der Waals surface area contributed by atoms with Crippen LogP contribution in [0.4, 0.5) is 5.69 Å². The Morgan fingerprint density at radius 2 is 1.82 bits per heavy atom. The van der Waals surface area contributed by atoms with Crippen molar-refractivity contribution in [1.29, 1.82) is 0 Å². The van der Waals surface area contributed by atoms with E-state index in [0.717, 1.165) is 32.4 Å². The first-order chi connectivity index (χ1) is 21.2. The number of rotatable bonds is 10. The monoisotopic (exact) mass is 618 g/mol. The Balaban J connectivity index is 1.22. The van der Waals surface area contributed by atoms with E-state index in [4.69, 9.17) is 16.3 Å². The summed E-state index contributed by atoms with van der Waals surface area (Å²) in [6, 6.07) is 16.4. The van der Waals surface area contributed by atoms with E-state index in [1.54, 1.807) is 29.2 Å². The van der Waals surface area contributed by atoms with E-state index in [1.807, 2.05) is 30.4 Å². The molecule has 1 saturated carbocycles. The Labute approximate surface area is 265 Å². The molecule has 2 aromatic rings. The van der Waals surface area contributed by atoms with Crippen LogP contribution in [0.5, 0.6) is 0 Å². The lowest BCUT2D eigenvalue weighted by Gasteiger charge is -2.38. The minimum atomic E-state index is -1.17. The van der Waals surface area contributed by atoms with Crippen LogP contribution in [-0.4, -0.2) is 71.4 Å². The SMILES string of the molecule is CC1CCCC(NC(=O)C2N(CCCN(C)Cc3ccccc3)C(=O)C3C(C(=O)Nc4ccc(Cl)cc4)C4C=CC32O4)C1C. The van der Waals surface area contributed by atoms with Gasteiger partial charge in [0, 0.05) is 29.8 Å². The molecular formula is C35H43ClN4O4. The molecule has 2 saturated heterocycles. The van der Waals surface area contributed by atoms with E-state index in [1.165, 1.54) is 5.56 Å². The normalized spacial score (nSPS) is 32.2. The van der Waals surface area contributed by atoms with Crippen LogP contribution in [0.1, 0.15) is 45.1 Å². The number of hydrogen-bond donors (Lipinski definition) is 2. The number of nitrogens with zero attached hydrogens (tertiary/aromatic N) is 2. The Morgan fingerprint density at radius 1 is 1.07 bits per heavy atom. The molecule has 9 heteroatoms. The van der Waals surface area contributed by atoms with Crippen molar-refractivity contribution in [1.82, 2.24) is 15.1 Å². The zero-order chi connectivity index (χ0) is 31.0. The summed E-state index contributed by atoms with van der Waals surface area (Å²) in [5, 5.41) is 6.85. The van der Waals surface area contributed by atoms with Crippen LogP contribution in [0, 0.1) is 23.7 Å². The number of fused-ring (bicyclic) bond motifs is 1. The summed E-state index contributed by atoms with van der Waals surface area (Å²) < 4.78 is 6.53. The van der Waals surface area contributed by atoms with Gasteiger partial charge in [0.05, 0.1) is 17.9 Å². The second kappa shape index (κ2) is 12.7. The van der Waals surface area contributed by atoms with Crippen molar-refractivity contribution in [3.8, 4) is 0 Å². The van der Waals surface area contributed by atoms with Crippen molar-refractivity contribution in [2.24, 2.45) is 23.7 Å². The second-order valence-electron chi connectivity index (χ2n) is 13.2. The van der Waals surface area contributed by atoms with Crippen molar-refractivity contribution in [2.45, 2.75) is 69.9 Å². The molecule has 44 heavy (non-hydrogen) atoms. The molecule has 2 N–H and O–H groups in total. The molecule has 1 spiro atoms. The summed E-state index contributed by atoms with van der Waals surface area (Å²) in [5.41, 5.74) is 0.644. The third-order valence-corrected chi connectivity index (χ3v) is 10.6. The molecule has 3 amide bonds. The number of ether oxygens (including phenoxy) is 1. The van der Waals surface area contributed by atoms with E-state index in [0.29, 0.717) is 35.5 Å². The molecule has 1 aliphatic carbocycles. The Hall–Kier alpha value is -3.20. The molecular weight excluding hydrogens is 576 g/mol. The number of likely N-dealkylation sites (tertiary alicyclic amines) is 1. The highest BCUT2D eigenvalue weighted by atomic mass is 35.5. The molecule has 234 valence electrons. The maximum atomic E-state index is 14.3. The van der Waals surface area contributed by atoms with Gasteiger partial charge in [-0.1, -0.05) is 80.8 Å². The van der Waals surface area contributed by atoms with Gasteiger partial charge in [-0.2, -0.15) is 0 Å². The highest BCUT2D eigenvalue weighted by Crippen LogP contribution is 2.55. The van der Waals surface area contributed by atoms with Crippen LogP contribution in [-0.2, 0) is 25.7 Å². The third kappa shape index (κ3) is 5.80. The van der Waals surface area contributed by atoms with Crippen LogP contribution < -0.4 is 10.6 Å². The summed E-state index contributed by atoms with van der Waals surface area (Å²) in [7, 11) is 2.06. The number of anilines is 1. The topological polar surface area (TPSA) is 91.0 Å². The maximum absolute atomic E-state index is 14.3. The quantitative estimate of drug-likeness (QED) is 0.370. The zero-order valence-corrected chi connectivity index (χ0v) is 26.5. The Morgan fingerprint density at radius 3 is 2.57 bits per heavy atom. The van der Waals surface area contributed by atoms with Gasteiger partial charge >= 0.3 is 0 Å². The van der Waals surface area contributed by atoms with Crippen molar-refractivity contribution < 1.29 is 19.1 Å². The zero-order valence-electron chi connectivity index (χ0n) is 25.7. The molecule has 4 aliphatic rings. The van der Waals surface area contributed by atoms with E-state index >= 15 is 0 Å². The fraction of sp³-hybridized carbons (Fsp3) is 0.514. The first kappa shape index (κ1) is 30.8. The van der Waals surface area contributed by atoms with Crippen molar-refractivity contribution >= 4 is 35.0 Å². The predicted molar refractivity (Wildman–Crippen MR) is 171 cm³/mol. The molecule has 8 atom stereocenters. The van der Waals surface area contributed by atoms with Crippen LogP contribution in [0.15, 0.2) is 66.7 Å². The van der Waals surface area contributed by atoms with Crippen LogP contribution >= 0.6 is 11.6 Å². The lowest BCUT2D eigenvalue weighted by molar-refractivity contribution is -0.141. The molecule has 8 unspecified atom stereocenters. The van der Waals surface area contributed by atoms with Gasteiger partial charge in [0.25, 0.3) is 0 Å². The Bertz CT molecular complexity index is 1400. The molecule has 8 nitrogen and oxygen atoms in total. The number of hydrogen-bond acceptors (Lipinski definition) is 5. The van der Waals surface area contributed by atoms with Gasteiger partial charge in [-0.25, -0.2) is 0 Å².